The summed E-state index contributed by atoms with van der Waals surface area (Å²) in [5.41, 5.74) is 0.110. The van der Waals surface area contributed by atoms with E-state index in [1.807, 2.05) is 30.3 Å². The van der Waals surface area contributed by atoms with Gasteiger partial charge in [0.05, 0.1) is 18.1 Å². The van der Waals surface area contributed by atoms with Gasteiger partial charge in [0.25, 0.3) is 0 Å². The van der Waals surface area contributed by atoms with E-state index in [1.165, 1.54) is 4.90 Å². The number of aliphatic hydroxyl groups is 1. The Morgan fingerprint density at radius 1 is 1.28 bits per heavy atom. The molecule has 96 valence electrons. The van der Waals surface area contributed by atoms with E-state index in [9.17, 15) is 14.7 Å². The van der Waals surface area contributed by atoms with Crippen molar-refractivity contribution in [1.29, 1.82) is 0 Å². The van der Waals surface area contributed by atoms with Crippen molar-refractivity contribution >= 4 is 11.8 Å². The lowest BCUT2D eigenvalue weighted by Crippen LogP contribution is -2.38. The zero-order valence-electron chi connectivity index (χ0n) is 10.6. The fourth-order valence-electron chi connectivity index (χ4n) is 2.30. The molecule has 1 fully saturated rings. The average Bonchev–Trinajstić information content (AvgIpc) is 2.54. The maximum atomic E-state index is 12.2. The lowest BCUT2D eigenvalue weighted by atomic mass is 9.92. The zero-order valence-corrected chi connectivity index (χ0v) is 10.6. The third-order valence-corrected chi connectivity index (χ3v) is 3.33. The third-order valence-electron chi connectivity index (χ3n) is 3.33. The maximum Gasteiger partial charge on any atom is 0.236 e. The van der Waals surface area contributed by atoms with Gasteiger partial charge < -0.3 is 5.11 Å². The Morgan fingerprint density at radius 2 is 1.89 bits per heavy atom. The molecule has 4 nitrogen and oxygen atoms in total. The number of imide groups is 1. The predicted molar refractivity (Wildman–Crippen MR) is 66.5 cm³/mol. The number of hydrogen-bond donors (Lipinski definition) is 1. The Labute approximate surface area is 106 Å². The first-order valence-corrected chi connectivity index (χ1v) is 5.99. The van der Waals surface area contributed by atoms with Gasteiger partial charge >= 0.3 is 0 Å². The van der Waals surface area contributed by atoms with Crippen molar-refractivity contribution < 1.29 is 14.7 Å². The molecule has 1 N–H and O–H groups in total. The van der Waals surface area contributed by atoms with Crippen molar-refractivity contribution in [3.8, 4) is 0 Å². The van der Waals surface area contributed by atoms with E-state index in [1.54, 1.807) is 13.8 Å². The number of likely N-dealkylation sites (tertiary alicyclic amines) is 1. The van der Waals surface area contributed by atoms with E-state index in [0.717, 1.165) is 5.56 Å². The number of hydrogen-bond acceptors (Lipinski definition) is 3. The highest BCUT2D eigenvalue weighted by Gasteiger charge is 2.47. The normalized spacial score (nSPS) is 20.3. The summed E-state index contributed by atoms with van der Waals surface area (Å²) in [6.07, 6.45) is 0.204. The highest BCUT2D eigenvalue weighted by molar-refractivity contribution is 6.05. The van der Waals surface area contributed by atoms with E-state index < -0.39 is 11.5 Å². The van der Waals surface area contributed by atoms with Crippen LogP contribution >= 0.6 is 0 Å². The Hall–Kier alpha value is -1.68. The molecule has 18 heavy (non-hydrogen) atoms. The molecule has 1 aromatic carbocycles. The molecule has 0 aliphatic carbocycles. The van der Waals surface area contributed by atoms with Crippen molar-refractivity contribution in [2.75, 3.05) is 6.61 Å². The summed E-state index contributed by atoms with van der Waals surface area (Å²) in [6, 6.07) is 8.56. The predicted octanol–water partition coefficient (Wildman–Crippen LogP) is 1.51. The minimum Gasteiger partial charge on any atom is -0.394 e. The van der Waals surface area contributed by atoms with E-state index in [2.05, 4.69) is 0 Å². The van der Waals surface area contributed by atoms with Gasteiger partial charge in [0, 0.05) is 6.42 Å². The zero-order chi connectivity index (χ0) is 13.3. The Morgan fingerprint density at radius 3 is 2.33 bits per heavy atom. The van der Waals surface area contributed by atoms with Crippen LogP contribution in [0.3, 0.4) is 0 Å². The van der Waals surface area contributed by atoms with Crippen molar-refractivity contribution in [2.24, 2.45) is 5.41 Å². The molecule has 0 spiro atoms. The number of aliphatic hydroxyl groups excluding tert-OH is 1. The first-order valence-electron chi connectivity index (χ1n) is 5.99. The van der Waals surface area contributed by atoms with Crippen LogP contribution in [0, 0.1) is 5.41 Å². The molecule has 0 aromatic heterocycles. The highest BCUT2D eigenvalue weighted by atomic mass is 16.3. The largest absolute Gasteiger partial charge is 0.394 e. The number of benzene rings is 1. The van der Waals surface area contributed by atoms with Gasteiger partial charge in [0.15, 0.2) is 0 Å². The van der Waals surface area contributed by atoms with E-state index >= 15 is 0 Å². The van der Waals surface area contributed by atoms with Crippen LogP contribution in [0.1, 0.15) is 31.9 Å². The van der Waals surface area contributed by atoms with E-state index in [0.29, 0.717) is 0 Å². The van der Waals surface area contributed by atoms with Crippen LogP contribution < -0.4 is 0 Å². The van der Waals surface area contributed by atoms with Crippen molar-refractivity contribution in [2.45, 2.75) is 26.3 Å². The van der Waals surface area contributed by atoms with Crippen LogP contribution in [0.5, 0.6) is 0 Å². The lowest BCUT2D eigenvalue weighted by Gasteiger charge is -2.26. The minimum absolute atomic E-state index is 0.204. The Balaban J connectivity index is 2.35. The quantitative estimate of drug-likeness (QED) is 0.824. The van der Waals surface area contributed by atoms with Gasteiger partial charge in [-0.05, 0) is 5.56 Å². The van der Waals surface area contributed by atoms with Crippen LogP contribution in [0.2, 0.25) is 0 Å². The second kappa shape index (κ2) is 4.53. The average molecular weight is 247 g/mol. The van der Waals surface area contributed by atoms with Crippen molar-refractivity contribution in [3.05, 3.63) is 35.9 Å². The second-order valence-electron chi connectivity index (χ2n) is 5.24. The molecule has 1 saturated heterocycles. The van der Waals surface area contributed by atoms with E-state index in [4.69, 9.17) is 0 Å². The van der Waals surface area contributed by atoms with Gasteiger partial charge in [0.2, 0.25) is 11.8 Å². The van der Waals surface area contributed by atoms with Crippen molar-refractivity contribution in [3.63, 3.8) is 0 Å². The number of carbonyl (C=O) groups excluding carboxylic acids is 2. The summed E-state index contributed by atoms with van der Waals surface area (Å²) in [4.78, 5) is 25.4. The Kier molecular flexibility index (Phi) is 3.22. The van der Waals surface area contributed by atoms with Crippen LogP contribution in [0.4, 0.5) is 0 Å². The summed E-state index contributed by atoms with van der Waals surface area (Å²) < 4.78 is 0. The van der Waals surface area contributed by atoms with Gasteiger partial charge in [0.1, 0.15) is 0 Å². The topological polar surface area (TPSA) is 57.6 Å². The number of rotatable bonds is 3. The first kappa shape index (κ1) is 12.8. The second-order valence-corrected chi connectivity index (χ2v) is 5.24. The molecule has 0 radical (unpaired) electrons. The summed E-state index contributed by atoms with van der Waals surface area (Å²) in [6.45, 7) is 3.26. The molecule has 2 amide bonds. The standard InChI is InChI=1S/C14H17NO3/c1-14(2)8-12(17)15(13(14)18)11(9-16)10-6-4-3-5-7-10/h3-7,11,16H,8-9H2,1-2H3/t11-/m0/s1. The van der Waals surface area contributed by atoms with Crippen LogP contribution in [-0.4, -0.2) is 28.4 Å². The molecule has 1 aliphatic heterocycles. The molecule has 0 bridgehead atoms. The van der Waals surface area contributed by atoms with Crippen LogP contribution in [-0.2, 0) is 9.59 Å². The van der Waals surface area contributed by atoms with Gasteiger partial charge in [-0.15, -0.1) is 0 Å². The summed E-state index contributed by atoms with van der Waals surface area (Å²) >= 11 is 0. The van der Waals surface area contributed by atoms with Gasteiger partial charge in [-0.3, -0.25) is 14.5 Å². The van der Waals surface area contributed by atoms with Gasteiger partial charge in [-0.2, -0.15) is 0 Å². The molecular weight excluding hydrogens is 230 g/mol. The fourth-order valence-corrected chi connectivity index (χ4v) is 2.30. The number of nitrogens with zero attached hydrogens (tertiary/aromatic N) is 1. The third kappa shape index (κ3) is 2.04. The van der Waals surface area contributed by atoms with Gasteiger partial charge in [-0.1, -0.05) is 44.2 Å². The maximum absolute atomic E-state index is 12.2. The molecular formula is C14H17NO3. The number of amides is 2. The molecule has 1 atom stereocenters. The first-order chi connectivity index (χ1) is 8.47. The molecule has 1 aromatic rings. The minimum atomic E-state index is -0.667. The molecule has 2 rings (SSSR count). The van der Waals surface area contributed by atoms with Gasteiger partial charge in [-0.25, -0.2) is 0 Å². The Bertz CT molecular complexity index is 467. The number of carbonyl (C=O) groups is 2. The SMILES string of the molecule is CC1(C)CC(=O)N([C@@H](CO)c2ccccc2)C1=O. The molecule has 1 heterocycles. The molecule has 1 aliphatic rings. The monoisotopic (exact) mass is 247 g/mol. The smallest absolute Gasteiger partial charge is 0.236 e. The molecule has 4 heteroatoms. The summed E-state index contributed by atoms with van der Waals surface area (Å²) in [5, 5.41) is 9.50. The molecule has 0 unspecified atom stereocenters. The molecule has 0 saturated carbocycles. The van der Waals surface area contributed by atoms with E-state index in [-0.39, 0.29) is 24.8 Å². The highest BCUT2D eigenvalue weighted by Crippen LogP contribution is 2.36. The van der Waals surface area contributed by atoms with Crippen LogP contribution in [0.15, 0.2) is 30.3 Å². The lowest BCUT2D eigenvalue weighted by molar-refractivity contribution is -0.144. The van der Waals surface area contributed by atoms with Crippen LogP contribution in [0.25, 0.3) is 0 Å². The van der Waals surface area contributed by atoms with Crippen molar-refractivity contribution in [1.82, 2.24) is 4.90 Å². The summed E-state index contributed by atoms with van der Waals surface area (Å²) in [5.74, 6) is -0.427. The summed E-state index contributed by atoms with van der Waals surface area (Å²) in [7, 11) is 0. The fraction of sp³-hybridized carbons (Fsp3) is 0.429.